The molecule has 1 saturated heterocycles. The van der Waals surface area contributed by atoms with Gasteiger partial charge in [-0.1, -0.05) is 23.7 Å². The third-order valence-electron chi connectivity index (χ3n) is 4.82. The van der Waals surface area contributed by atoms with Gasteiger partial charge in [0.15, 0.2) is 0 Å². The van der Waals surface area contributed by atoms with Crippen LogP contribution in [0.2, 0.25) is 5.02 Å². The number of aliphatic hydroxyl groups is 1. The molecule has 1 heterocycles. The molecule has 2 amide bonds. The van der Waals surface area contributed by atoms with Crippen LogP contribution in [0.15, 0.2) is 54.1 Å². The van der Waals surface area contributed by atoms with Gasteiger partial charge in [0.05, 0.1) is 18.7 Å². The number of rotatable bonds is 6. The summed E-state index contributed by atoms with van der Waals surface area (Å²) in [4.78, 5) is 38.2. The van der Waals surface area contributed by atoms with E-state index in [1.165, 1.54) is 18.9 Å². The van der Waals surface area contributed by atoms with Crippen molar-refractivity contribution < 1.29 is 24.2 Å². The van der Waals surface area contributed by atoms with E-state index in [-0.39, 0.29) is 30.3 Å². The molecular formula is C22H21ClN2O5. The second kappa shape index (κ2) is 9.00. The van der Waals surface area contributed by atoms with Gasteiger partial charge in [0.25, 0.3) is 11.7 Å². The Morgan fingerprint density at radius 2 is 1.77 bits per heavy atom. The van der Waals surface area contributed by atoms with Crippen molar-refractivity contribution in [3.05, 3.63) is 70.3 Å². The molecule has 30 heavy (non-hydrogen) atoms. The fourth-order valence-corrected chi connectivity index (χ4v) is 3.49. The largest absolute Gasteiger partial charge is 0.507 e. The summed E-state index contributed by atoms with van der Waals surface area (Å²) in [7, 11) is 1.54. The van der Waals surface area contributed by atoms with E-state index in [9.17, 15) is 19.5 Å². The Labute approximate surface area is 178 Å². The van der Waals surface area contributed by atoms with Crippen LogP contribution in [-0.2, 0) is 14.4 Å². The van der Waals surface area contributed by atoms with Crippen LogP contribution < -0.4 is 10.1 Å². The highest BCUT2D eigenvalue weighted by Gasteiger charge is 2.45. The highest BCUT2D eigenvalue weighted by Crippen LogP contribution is 2.39. The number of ether oxygens (including phenoxy) is 1. The van der Waals surface area contributed by atoms with E-state index in [1.54, 1.807) is 48.5 Å². The maximum Gasteiger partial charge on any atom is 0.295 e. The SMILES string of the molecule is COc1ccc(C2C(=C(O)c3ccc(Cl)cc3)C(=O)C(=O)N2CCNC(C)=O)cc1. The third kappa shape index (κ3) is 4.31. The number of methoxy groups -OCH3 is 1. The number of nitrogens with zero attached hydrogens (tertiary/aromatic N) is 1. The van der Waals surface area contributed by atoms with Crippen LogP contribution in [-0.4, -0.2) is 47.8 Å². The lowest BCUT2D eigenvalue weighted by atomic mass is 9.95. The molecule has 0 aromatic heterocycles. The molecule has 1 atom stereocenters. The molecular weight excluding hydrogens is 408 g/mol. The Hall–Kier alpha value is -3.32. The maximum absolute atomic E-state index is 12.9. The monoisotopic (exact) mass is 428 g/mol. The lowest BCUT2D eigenvalue weighted by molar-refractivity contribution is -0.139. The van der Waals surface area contributed by atoms with Crippen LogP contribution in [0.4, 0.5) is 0 Å². The third-order valence-corrected chi connectivity index (χ3v) is 5.07. The summed E-state index contributed by atoms with van der Waals surface area (Å²) in [5.41, 5.74) is 0.987. The van der Waals surface area contributed by atoms with E-state index in [0.29, 0.717) is 21.9 Å². The van der Waals surface area contributed by atoms with Crippen LogP contribution in [0, 0.1) is 0 Å². The first-order valence-corrected chi connectivity index (χ1v) is 9.64. The predicted octanol–water partition coefficient (Wildman–Crippen LogP) is 2.91. The highest BCUT2D eigenvalue weighted by atomic mass is 35.5. The lowest BCUT2D eigenvalue weighted by Gasteiger charge is -2.25. The van der Waals surface area contributed by atoms with Gasteiger partial charge in [0.1, 0.15) is 11.5 Å². The number of carbonyl (C=O) groups excluding carboxylic acids is 3. The van der Waals surface area contributed by atoms with Crippen molar-refractivity contribution in [1.82, 2.24) is 10.2 Å². The van der Waals surface area contributed by atoms with Gasteiger partial charge >= 0.3 is 0 Å². The first-order chi connectivity index (χ1) is 14.3. The van der Waals surface area contributed by atoms with Crippen LogP contribution in [0.25, 0.3) is 5.76 Å². The molecule has 1 aliphatic rings. The molecule has 0 radical (unpaired) electrons. The van der Waals surface area contributed by atoms with Crippen molar-refractivity contribution in [3.8, 4) is 5.75 Å². The smallest absolute Gasteiger partial charge is 0.295 e. The molecule has 3 rings (SSSR count). The summed E-state index contributed by atoms with van der Waals surface area (Å²) >= 11 is 5.91. The molecule has 1 aliphatic heterocycles. The Bertz CT molecular complexity index is 999. The van der Waals surface area contributed by atoms with Crippen molar-refractivity contribution in [2.75, 3.05) is 20.2 Å². The number of likely N-dealkylation sites (tertiary alicyclic amines) is 1. The number of benzene rings is 2. The zero-order valence-electron chi connectivity index (χ0n) is 16.5. The number of amides is 2. The standard InChI is InChI=1S/C22H21ClN2O5/c1-13(26)24-11-12-25-19(14-5-9-17(30-2)10-6-14)18(21(28)22(25)29)20(27)15-3-7-16(23)8-4-15/h3-10,19,27H,11-12H2,1-2H3,(H,24,26). The van der Waals surface area contributed by atoms with E-state index in [4.69, 9.17) is 16.3 Å². The lowest BCUT2D eigenvalue weighted by Crippen LogP contribution is -2.37. The molecule has 0 spiro atoms. The van der Waals surface area contributed by atoms with Gasteiger partial charge in [0, 0.05) is 30.6 Å². The van der Waals surface area contributed by atoms with E-state index >= 15 is 0 Å². The minimum absolute atomic E-state index is 0.0182. The predicted molar refractivity (Wildman–Crippen MR) is 112 cm³/mol. The average molecular weight is 429 g/mol. The summed E-state index contributed by atoms with van der Waals surface area (Å²) in [6, 6.07) is 12.4. The zero-order valence-corrected chi connectivity index (χ0v) is 17.3. The van der Waals surface area contributed by atoms with Crippen molar-refractivity contribution in [2.24, 2.45) is 0 Å². The summed E-state index contributed by atoms with van der Waals surface area (Å²) in [6.07, 6.45) is 0. The first kappa shape index (κ1) is 21.4. The molecule has 1 fully saturated rings. The van der Waals surface area contributed by atoms with Gasteiger partial charge < -0.3 is 20.1 Å². The number of carbonyl (C=O) groups is 3. The highest BCUT2D eigenvalue weighted by molar-refractivity contribution is 6.46. The molecule has 2 N–H and O–H groups in total. The molecule has 1 unspecified atom stereocenters. The van der Waals surface area contributed by atoms with Crippen LogP contribution in [0.1, 0.15) is 24.1 Å². The molecule has 7 nitrogen and oxygen atoms in total. The number of halogens is 1. The normalized spacial score (nSPS) is 17.8. The van der Waals surface area contributed by atoms with Gasteiger partial charge in [-0.05, 0) is 42.0 Å². The number of nitrogens with one attached hydrogen (secondary N) is 1. The topological polar surface area (TPSA) is 95.9 Å². The molecule has 156 valence electrons. The van der Waals surface area contributed by atoms with Gasteiger partial charge in [-0.15, -0.1) is 0 Å². The molecule has 2 aromatic rings. The van der Waals surface area contributed by atoms with E-state index in [2.05, 4.69) is 5.32 Å². The van der Waals surface area contributed by atoms with Crippen molar-refractivity contribution >= 4 is 35.0 Å². The van der Waals surface area contributed by atoms with Crippen LogP contribution in [0.5, 0.6) is 5.75 Å². The van der Waals surface area contributed by atoms with Crippen LogP contribution >= 0.6 is 11.6 Å². The number of hydrogen-bond acceptors (Lipinski definition) is 5. The summed E-state index contributed by atoms with van der Waals surface area (Å²) in [5.74, 6) is -1.43. The maximum atomic E-state index is 12.9. The summed E-state index contributed by atoms with van der Waals surface area (Å²) in [6.45, 7) is 1.66. The van der Waals surface area contributed by atoms with Gasteiger partial charge in [0.2, 0.25) is 5.91 Å². The summed E-state index contributed by atoms with van der Waals surface area (Å²) in [5, 5.41) is 14.0. The quantitative estimate of drug-likeness (QED) is 0.419. The Morgan fingerprint density at radius 3 is 2.33 bits per heavy atom. The number of hydrogen-bond donors (Lipinski definition) is 2. The van der Waals surface area contributed by atoms with Crippen molar-refractivity contribution in [3.63, 3.8) is 0 Å². The minimum atomic E-state index is -0.805. The number of aliphatic hydroxyl groups excluding tert-OH is 1. The fourth-order valence-electron chi connectivity index (χ4n) is 3.36. The average Bonchev–Trinajstić information content (AvgIpc) is 2.98. The minimum Gasteiger partial charge on any atom is -0.507 e. The molecule has 0 bridgehead atoms. The second-order valence-corrected chi connectivity index (χ2v) is 7.19. The molecule has 0 saturated carbocycles. The van der Waals surface area contributed by atoms with E-state index in [0.717, 1.165) is 0 Å². The molecule has 0 aliphatic carbocycles. The van der Waals surface area contributed by atoms with Gasteiger partial charge in [-0.25, -0.2) is 0 Å². The first-order valence-electron chi connectivity index (χ1n) is 9.26. The Balaban J connectivity index is 2.08. The van der Waals surface area contributed by atoms with Crippen molar-refractivity contribution in [2.45, 2.75) is 13.0 Å². The Morgan fingerprint density at radius 1 is 1.13 bits per heavy atom. The van der Waals surface area contributed by atoms with Gasteiger partial charge in [-0.3, -0.25) is 14.4 Å². The van der Waals surface area contributed by atoms with Crippen molar-refractivity contribution in [1.29, 1.82) is 0 Å². The van der Waals surface area contributed by atoms with E-state index < -0.39 is 17.7 Å². The van der Waals surface area contributed by atoms with E-state index in [1.807, 2.05) is 0 Å². The molecule has 8 heteroatoms. The number of ketones is 1. The molecule has 2 aromatic carbocycles. The van der Waals surface area contributed by atoms with Crippen LogP contribution in [0.3, 0.4) is 0 Å². The second-order valence-electron chi connectivity index (χ2n) is 6.76. The number of Topliss-reactive ketones (excluding diaryl/α,β-unsaturated/α-hetero) is 1. The zero-order chi connectivity index (χ0) is 21.8. The Kier molecular flexibility index (Phi) is 6.42. The summed E-state index contributed by atoms with van der Waals surface area (Å²) < 4.78 is 5.18. The van der Waals surface area contributed by atoms with Gasteiger partial charge in [-0.2, -0.15) is 0 Å². The fraction of sp³-hybridized carbons (Fsp3) is 0.227.